The van der Waals surface area contributed by atoms with Gasteiger partial charge in [0.05, 0.1) is 18.4 Å². The van der Waals surface area contributed by atoms with Crippen LogP contribution in [0.3, 0.4) is 0 Å². The van der Waals surface area contributed by atoms with Crippen molar-refractivity contribution in [3.05, 3.63) is 29.3 Å². The first-order valence-electron chi connectivity index (χ1n) is 8.72. The van der Waals surface area contributed by atoms with Gasteiger partial charge in [0, 0.05) is 0 Å². The molecule has 1 aromatic rings. The summed E-state index contributed by atoms with van der Waals surface area (Å²) < 4.78 is 4.94. The number of ether oxygens (including phenoxy) is 1. The molecule has 0 saturated heterocycles. The molecule has 134 valence electrons. The van der Waals surface area contributed by atoms with Crippen LogP contribution in [0.5, 0.6) is 0 Å². The molecule has 1 spiro atoms. The van der Waals surface area contributed by atoms with Crippen LogP contribution < -0.4 is 16.4 Å². The summed E-state index contributed by atoms with van der Waals surface area (Å²) in [7, 11) is 1.39. The zero-order chi connectivity index (χ0) is 18.0. The minimum absolute atomic E-state index is 0.220. The third-order valence-electron chi connectivity index (χ3n) is 5.00. The molecule has 3 rings (SSSR count). The number of carbonyl (C=O) groups is 1. The molecule has 7 nitrogen and oxygen atoms in total. The van der Waals surface area contributed by atoms with Crippen molar-refractivity contribution < 1.29 is 9.53 Å². The maximum absolute atomic E-state index is 12.2. The highest BCUT2D eigenvalue weighted by atomic mass is 16.5. The van der Waals surface area contributed by atoms with Gasteiger partial charge in [-0.3, -0.25) is 4.90 Å². The van der Waals surface area contributed by atoms with E-state index in [0.29, 0.717) is 17.9 Å². The van der Waals surface area contributed by atoms with Gasteiger partial charge < -0.3 is 16.2 Å². The minimum Gasteiger partial charge on any atom is -0.465 e. The molecule has 0 aromatic heterocycles. The number of nitrogens with two attached hydrogens (primary N) is 2. The summed E-state index contributed by atoms with van der Waals surface area (Å²) in [6.45, 7) is 2.01. The Kier molecular flexibility index (Phi) is 4.65. The van der Waals surface area contributed by atoms with Gasteiger partial charge in [-0.25, -0.2) is 9.79 Å². The van der Waals surface area contributed by atoms with E-state index >= 15 is 0 Å². The predicted molar refractivity (Wildman–Crippen MR) is 98.7 cm³/mol. The summed E-state index contributed by atoms with van der Waals surface area (Å²) >= 11 is 0. The van der Waals surface area contributed by atoms with Crippen LogP contribution in [0.25, 0.3) is 0 Å². The molecule has 1 saturated carbocycles. The molecule has 1 aliphatic carbocycles. The summed E-state index contributed by atoms with van der Waals surface area (Å²) in [6, 6.07) is 5.57. The van der Waals surface area contributed by atoms with Crippen molar-refractivity contribution in [2.75, 3.05) is 12.0 Å². The second-order valence-electron chi connectivity index (χ2n) is 6.47. The van der Waals surface area contributed by atoms with Gasteiger partial charge in [-0.15, -0.1) is 0 Å². The lowest BCUT2D eigenvalue weighted by Gasteiger charge is -2.46. The van der Waals surface area contributed by atoms with E-state index < -0.39 is 5.66 Å². The van der Waals surface area contributed by atoms with Crippen LogP contribution in [-0.4, -0.2) is 30.7 Å². The van der Waals surface area contributed by atoms with Gasteiger partial charge in [0.15, 0.2) is 0 Å². The number of rotatable bonds is 3. The molecule has 0 bridgehead atoms. The van der Waals surface area contributed by atoms with Gasteiger partial charge in [0.2, 0.25) is 11.9 Å². The van der Waals surface area contributed by atoms with E-state index in [4.69, 9.17) is 16.2 Å². The minimum atomic E-state index is -0.521. The van der Waals surface area contributed by atoms with Crippen molar-refractivity contribution in [1.82, 2.24) is 0 Å². The molecule has 0 radical (unpaired) electrons. The Morgan fingerprint density at radius 3 is 2.64 bits per heavy atom. The van der Waals surface area contributed by atoms with Crippen LogP contribution >= 0.6 is 0 Å². The van der Waals surface area contributed by atoms with Crippen molar-refractivity contribution in [2.45, 2.75) is 51.1 Å². The monoisotopic (exact) mass is 343 g/mol. The third-order valence-corrected chi connectivity index (χ3v) is 5.00. The second-order valence-corrected chi connectivity index (χ2v) is 6.47. The number of guanidine groups is 2. The lowest BCUT2D eigenvalue weighted by atomic mass is 9.86. The van der Waals surface area contributed by atoms with Gasteiger partial charge in [0.1, 0.15) is 5.66 Å². The fourth-order valence-corrected chi connectivity index (χ4v) is 3.93. The number of hydrogen-bond acceptors (Lipinski definition) is 7. The molecule has 0 unspecified atom stereocenters. The molecule has 1 fully saturated rings. The normalized spacial score (nSPS) is 19.4. The van der Waals surface area contributed by atoms with E-state index in [1.165, 1.54) is 13.5 Å². The Bertz CT molecular complexity index is 735. The maximum atomic E-state index is 12.2. The number of anilines is 1. The first-order chi connectivity index (χ1) is 12.0. The SMILES string of the molecule is CCc1c(C(=O)OC)cccc1N1C(N)=NC(N)=NC12CCCCC2. The van der Waals surface area contributed by atoms with Gasteiger partial charge in [0.25, 0.3) is 0 Å². The largest absolute Gasteiger partial charge is 0.465 e. The highest BCUT2D eigenvalue weighted by Gasteiger charge is 2.43. The smallest absolute Gasteiger partial charge is 0.338 e. The van der Waals surface area contributed by atoms with E-state index in [0.717, 1.165) is 36.9 Å². The van der Waals surface area contributed by atoms with Crippen LogP contribution in [0, 0.1) is 0 Å². The fourth-order valence-electron chi connectivity index (χ4n) is 3.93. The quantitative estimate of drug-likeness (QED) is 0.818. The number of aliphatic imine (C=N–C) groups is 2. The molecule has 4 N–H and O–H groups in total. The summed E-state index contributed by atoms with van der Waals surface area (Å²) in [4.78, 5) is 23.0. The van der Waals surface area contributed by atoms with E-state index in [2.05, 4.69) is 9.98 Å². The van der Waals surface area contributed by atoms with E-state index in [1.54, 1.807) is 6.07 Å². The second kappa shape index (κ2) is 6.74. The van der Waals surface area contributed by atoms with Crippen molar-refractivity contribution in [3.8, 4) is 0 Å². The summed E-state index contributed by atoms with van der Waals surface area (Å²) in [5.41, 5.74) is 14.0. The number of esters is 1. The highest BCUT2D eigenvalue weighted by molar-refractivity contribution is 6.07. The van der Waals surface area contributed by atoms with E-state index in [1.807, 2.05) is 24.0 Å². The fraction of sp³-hybridized carbons (Fsp3) is 0.500. The van der Waals surface area contributed by atoms with E-state index in [-0.39, 0.29) is 11.9 Å². The van der Waals surface area contributed by atoms with Gasteiger partial charge >= 0.3 is 5.97 Å². The zero-order valence-electron chi connectivity index (χ0n) is 14.8. The number of nitrogens with zero attached hydrogens (tertiary/aromatic N) is 3. The average molecular weight is 343 g/mol. The summed E-state index contributed by atoms with van der Waals surface area (Å²) in [5.74, 6) is 0.191. The van der Waals surface area contributed by atoms with Crippen LogP contribution in [0.4, 0.5) is 5.69 Å². The number of carbonyl (C=O) groups excluding carboxylic acids is 1. The van der Waals surface area contributed by atoms with Gasteiger partial charge in [-0.2, -0.15) is 4.99 Å². The Morgan fingerprint density at radius 1 is 1.28 bits per heavy atom. The number of methoxy groups -OCH3 is 1. The summed E-state index contributed by atoms with van der Waals surface area (Å²) in [5, 5.41) is 0. The predicted octanol–water partition coefficient (Wildman–Crippen LogP) is 2.15. The van der Waals surface area contributed by atoms with Crippen molar-refractivity contribution >= 4 is 23.6 Å². The van der Waals surface area contributed by atoms with Crippen LogP contribution in [-0.2, 0) is 11.2 Å². The third kappa shape index (κ3) is 2.94. The Hall–Kier alpha value is -2.57. The lowest BCUT2D eigenvalue weighted by molar-refractivity contribution is 0.0599. The Labute approximate surface area is 147 Å². The molecular weight excluding hydrogens is 318 g/mol. The molecule has 1 aromatic carbocycles. The molecule has 1 aliphatic heterocycles. The van der Waals surface area contributed by atoms with Crippen molar-refractivity contribution in [2.24, 2.45) is 21.5 Å². The van der Waals surface area contributed by atoms with Crippen molar-refractivity contribution in [1.29, 1.82) is 0 Å². The number of benzene rings is 1. The average Bonchev–Trinajstić information content (AvgIpc) is 2.60. The molecule has 1 heterocycles. The standard InChI is InChI=1S/C18H25N5O2/c1-3-12-13(15(24)25-2)8-7-9-14(12)23-17(20)21-16(19)22-18(23)10-5-4-6-11-18/h7-9H,3-6,10-11H2,1-2H3,(H4,19,20,21,22). The summed E-state index contributed by atoms with van der Waals surface area (Å²) in [6.07, 6.45) is 5.66. The number of hydrogen-bond donors (Lipinski definition) is 2. The maximum Gasteiger partial charge on any atom is 0.338 e. The van der Waals surface area contributed by atoms with Crippen molar-refractivity contribution in [3.63, 3.8) is 0 Å². The first-order valence-corrected chi connectivity index (χ1v) is 8.72. The molecule has 0 amide bonds. The van der Waals surface area contributed by atoms with Crippen LogP contribution in [0.2, 0.25) is 0 Å². The van der Waals surface area contributed by atoms with Gasteiger partial charge in [-0.05, 0) is 49.8 Å². The zero-order valence-corrected chi connectivity index (χ0v) is 14.8. The molecule has 0 atom stereocenters. The topological polar surface area (TPSA) is 106 Å². The Morgan fingerprint density at radius 2 is 2.00 bits per heavy atom. The first kappa shape index (κ1) is 17.3. The van der Waals surface area contributed by atoms with Crippen LogP contribution in [0.1, 0.15) is 54.9 Å². The molecule has 2 aliphatic rings. The Balaban J connectivity index is 2.16. The molecular formula is C18H25N5O2. The van der Waals surface area contributed by atoms with Crippen LogP contribution in [0.15, 0.2) is 28.2 Å². The lowest BCUT2D eigenvalue weighted by Crippen LogP contribution is -2.58. The molecule has 25 heavy (non-hydrogen) atoms. The molecule has 7 heteroatoms. The van der Waals surface area contributed by atoms with Gasteiger partial charge in [-0.1, -0.05) is 19.4 Å². The highest BCUT2D eigenvalue weighted by Crippen LogP contribution is 2.41. The van der Waals surface area contributed by atoms with E-state index in [9.17, 15) is 4.79 Å².